The first kappa shape index (κ1) is 11.5. The van der Waals surface area contributed by atoms with Crippen LogP contribution in [0.15, 0.2) is 6.07 Å². The Morgan fingerprint density at radius 3 is 3.25 bits per heavy atom. The SMILES string of the molecule is Cc1cc(NC(=O)CC2CSCCN2)n[nH]1. The van der Waals surface area contributed by atoms with Gasteiger partial charge in [0.05, 0.1) is 0 Å². The van der Waals surface area contributed by atoms with Crippen LogP contribution in [0.3, 0.4) is 0 Å². The van der Waals surface area contributed by atoms with Crippen LogP contribution in [-0.2, 0) is 4.79 Å². The van der Waals surface area contributed by atoms with Crippen LogP contribution >= 0.6 is 11.8 Å². The molecule has 0 bridgehead atoms. The molecule has 5 nitrogen and oxygen atoms in total. The van der Waals surface area contributed by atoms with Crippen LogP contribution in [0, 0.1) is 6.92 Å². The van der Waals surface area contributed by atoms with Gasteiger partial charge in [-0.2, -0.15) is 16.9 Å². The first-order valence-corrected chi connectivity index (χ1v) is 6.52. The average Bonchev–Trinajstić information content (AvgIpc) is 2.65. The number of H-pyrrole nitrogens is 1. The quantitative estimate of drug-likeness (QED) is 0.729. The van der Waals surface area contributed by atoms with Gasteiger partial charge in [-0.3, -0.25) is 9.89 Å². The van der Waals surface area contributed by atoms with Crippen molar-refractivity contribution in [3.05, 3.63) is 11.8 Å². The number of carbonyl (C=O) groups is 1. The molecule has 1 aliphatic rings. The summed E-state index contributed by atoms with van der Waals surface area (Å²) in [6, 6.07) is 2.11. The zero-order valence-electron chi connectivity index (χ0n) is 9.25. The predicted octanol–water partition coefficient (Wildman–Crippen LogP) is 0.752. The zero-order valence-corrected chi connectivity index (χ0v) is 10.1. The third-order valence-electron chi connectivity index (χ3n) is 2.40. The van der Waals surface area contributed by atoms with Crippen molar-refractivity contribution in [3.63, 3.8) is 0 Å². The van der Waals surface area contributed by atoms with Gasteiger partial charge in [-0.1, -0.05) is 0 Å². The molecule has 0 radical (unpaired) electrons. The van der Waals surface area contributed by atoms with Crippen LogP contribution in [0.25, 0.3) is 0 Å². The number of hydrogen-bond donors (Lipinski definition) is 3. The van der Waals surface area contributed by atoms with Gasteiger partial charge < -0.3 is 10.6 Å². The van der Waals surface area contributed by atoms with E-state index in [1.54, 1.807) is 0 Å². The molecule has 16 heavy (non-hydrogen) atoms. The topological polar surface area (TPSA) is 69.8 Å². The molecular formula is C10H16N4OS. The van der Waals surface area contributed by atoms with E-state index in [4.69, 9.17) is 0 Å². The fourth-order valence-electron chi connectivity index (χ4n) is 1.65. The number of hydrogen-bond acceptors (Lipinski definition) is 4. The second kappa shape index (κ2) is 5.36. The van der Waals surface area contributed by atoms with E-state index in [2.05, 4.69) is 20.8 Å². The number of aromatic nitrogens is 2. The smallest absolute Gasteiger partial charge is 0.227 e. The van der Waals surface area contributed by atoms with Gasteiger partial charge >= 0.3 is 0 Å². The summed E-state index contributed by atoms with van der Waals surface area (Å²) in [6.45, 7) is 2.89. The van der Waals surface area contributed by atoms with E-state index in [1.807, 2.05) is 24.8 Å². The lowest BCUT2D eigenvalue weighted by atomic mass is 10.2. The molecule has 88 valence electrons. The third-order valence-corrected chi connectivity index (χ3v) is 3.53. The molecule has 1 atom stereocenters. The standard InChI is InChI=1S/C10H16N4OS/c1-7-4-9(14-13-7)12-10(15)5-8-6-16-3-2-11-8/h4,8,11H,2-3,5-6H2,1H3,(H2,12,13,14,15). The number of rotatable bonds is 3. The Labute approximate surface area is 98.8 Å². The first-order chi connectivity index (χ1) is 7.74. The largest absolute Gasteiger partial charge is 0.312 e. The summed E-state index contributed by atoms with van der Waals surface area (Å²) in [5.41, 5.74) is 0.946. The summed E-state index contributed by atoms with van der Waals surface area (Å²) in [5.74, 6) is 2.77. The van der Waals surface area contributed by atoms with Crippen molar-refractivity contribution in [1.29, 1.82) is 0 Å². The molecule has 2 rings (SSSR count). The second-order valence-electron chi connectivity index (χ2n) is 3.91. The monoisotopic (exact) mass is 240 g/mol. The van der Waals surface area contributed by atoms with Gasteiger partial charge in [-0.15, -0.1) is 0 Å². The van der Waals surface area contributed by atoms with Crippen molar-refractivity contribution in [1.82, 2.24) is 15.5 Å². The molecule has 0 saturated carbocycles. The second-order valence-corrected chi connectivity index (χ2v) is 5.06. The molecule has 0 aliphatic carbocycles. The van der Waals surface area contributed by atoms with Crippen molar-refractivity contribution in [2.75, 3.05) is 23.4 Å². The molecule has 1 aromatic heterocycles. The predicted molar refractivity (Wildman–Crippen MR) is 65.7 cm³/mol. The summed E-state index contributed by atoms with van der Waals surface area (Å²) >= 11 is 1.89. The minimum atomic E-state index is 0.0199. The van der Waals surface area contributed by atoms with Crippen LogP contribution in [0.2, 0.25) is 0 Å². The number of nitrogens with one attached hydrogen (secondary N) is 3. The highest BCUT2D eigenvalue weighted by molar-refractivity contribution is 7.99. The fourth-order valence-corrected chi connectivity index (χ4v) is 2.60. The number of aryl methyl sites for hydroxylation is 1. The zero-order chi connectivity index (χ0) is 11.4. The Bertz CT molecular complexity index is 359. The Hall–Kier alpha value is -1.01. The average molecular weight is 240 g/mol. The molecule has 1 amide bonds. The summed E-state index contributed by atoms with van der Waals surface area (Å²) < 4.78 is 0. The number of aromatic amines is 1. The van der Waals surface area contributed by atoms with E-state index in [0.717, 1.165) is 23.7 Å². The number of carbonyl (C=O) groups excluding carboxylic acids is 1. The fraction of sp³-hybridized carbons (Fsp3) is 0.600. The van der Waals surface area contributed by atoms with E-state index in [0.29, 0.717) is 18.3 Å². The van der Waals surface area contributed by atoms with E-state index in [1.165, 1.54) is 0 Å². The van der Waals surface area contributed by atoms with Crippen LogP contribution in [0.1, 0.15) is 12.1 Å². The maximum Gasteiger partial charge on any atom is 0.227 e. The van der Waals surface area contributed by atoms with Crippen LogP contribution < -0.4 is 10.6 Å². The Balaban J connectivity index is 1.79. The van der Waals surface area contributed by atoms with E-state index in [9.17, 15) is 4.79 Å². The molecule has 1 aliphatic heterocycles. The summed E-state index contributed by atoms with van der Waals surface area (Å²) in [6.07, 6.45) is 0.513. The van der Waals surface area contributed by atoms with Gasteiger partial charge in [-0.25, -0.2) is 0 Å². The number of amides is 1. The Kier molecular flexibility index (Phi) is 3.84. The first-order valence-electron chi connectivity index (χ1n) is 5.37. The molecule has 1 aromatic rings. The van der Waals surface area contributed by atoms with Crippen molar-refractivity contribution in [2.24, 2.45) is 0 Å². The minimum absolute atomic E-state index is 0.0199. The summed E-state index contributed by atoms with van der Waals surface area (Å²) in [4.78, 5) is 11.7. The maximum atomic E-state index is 11.7. The third kappa shape index (κ3) is 3.24. The molecule has 1 unspecified atom stereocenters. The normalized spacial score (nSPS) is 20.7. The molecule has 1 saturated heterocycles. The van der Waals surface area contributed by atoms with Crippen LogP contribution in [-0.4, -0.2) is 40.2 Å². The molecule has 1 fully saturated rings. The van der Waals surface area contributed by atoms with E-state index < -0.39 is 0 Å². The summed E-state index contributed by atoms with van der Waals surface area (Å²) in [5, 5.41) is 12.9. The van der Waals surface area contributed by atoms with Gasteiger partial charge in [0.2, 0.25) is 5.91 Å². The van der Waals surface area contributed by atoms with Crippen molar-refractivity contribution in [2.45, 2.75) is 19.4 Å². The Morgan fingerprint density at radius 1 is 1.75 bits per heavy atom. The van der Waals surface area contributed by atoms with Gasteiger partial charge in [0.25, 0.3) is 0 Å². The highest BCUT2D eigenvalue weighted by Crippen LogP contribution is 2.11. The van der Waals surface area contributed by atoms with Gasteiger partial charge in [0.15, 0.2) is 5.82 Å². The molecule has 2 heterocycles. The summed E-state index contributed by atoms with van der Waals surface area (Å²) in [7, 11) is 0. The van der Waals surface area contributed by atoms with Crippen molar-refractivity contribution in [3.8, 4) is 0 Å². The molecular weight excluding hydrogens is 224 g/mol. The van der Waals surface area contributed by atoms with E-state index >= 15 is 0 Å². The van der Waals surface area contributed by atoms with Crippen LogP contribution in [0.5, 0.6) is 0 Å². The molecule has 6 heteroatoms. The lowest BCUT2D eigenvalue weighted by molar-refractivity contribution is -0.116. The lowest BCUT2D eigenvalue weighted by Gasteiger charge is -2.22. The van der Waals surface area contributed by atoms with Gasteiger partial charge in [-0.05, 0) is 6.92 Å². The van der Waals surface area contributed by atoms with Crippen LogP contribution in [0.4, 0.5) is 5.82 Å². The van der Waals surface area contributed by atoms with Gasteiger partial charge in [0.1, 0.15) is 0 Å². The highest BCUT2D eigenvalue weighted by Gasteiger charge is 2.17. The van der Waals surface area contributed by atoms with Crippen molar-refractivity contribution >= 4 is 23.5 Å². The van der Waals surface area contributed by atoms with Crippen molar-refractivity contribution < 1.29 is 4.79 Å². The van der Waals surface area contributed by atoms with Gasteiger partial charge in [0, 0.05) is 42.3 Å². The number of nitrogens with zero attached hydrogens (tertiary/aromatic N) is 1. The maximum absolute atomic E-state index is 11.7. The number of thioether (sulfide) groups is 1. The molecule has 0 spiro atoms. The minimum Gasteiger partial charge on any atom is -0.312 e. The van der Waals surface area contributed by atoms with E-state index in [-0.39, 0.29) is 5.91 Å². The molecule has 3 N–H and O–H groups in total. The lowest BCUT2D eigenvalue weighted by Crippen LogP contribution is -2.39. The molecule has 0 aromatic carbocycles. The highest BCUT2D eigenvalue weighted by atomic mass is 32.2. The Morgan fingerprint density at radius 2 is 2.62 bits per heavy atom. The number of anilines is 1.